The number of ether oxygens (including phenoxy) is 3. The Morgan fingerprint density at radius 2 is 1.95 bits per heavy atom. The Kier molecular flexibility index (Phi) is 7.52. The molecule has 3 fully saturated rings. The van der Waals surface area contributed by atoms with Gasteiger partial charge >= 0.3 is 5.97 Å². The molecular weight excluding hydrogens is 505 g/mol. The molecule has 2 aliphatic heterocycles. The number of rotatable bonds is 6. The molecule has 1 aromatic rings. The molecule has 2 heterocycles. The van der Waals surface area contributed by atoms with Gasteiger partial charge in [0.15, 0.2) is 5.79 Å². The Bertz CT molecular complexity index is 1110. The molecule has 38 heavy (non-hydrogen) atoms. The van der Waals surface area contributed by atoms with E-state index in [2.05, 4.69) is 25.7 Å². The number of carbonyl (C=O) groups is 1. The van der Waals surface area contributed by atoms with Crippen molar-refractivity contribution in [3.63, 3.8) is 0 Å². The molecular formula is C31H43ClFNO4. The molecule has 2 saturated carbocycles. The van der Waals surface area contributed by atoms with E-state index in [0.717, 1.165) is 49.8 Å². The van der Waals surface area contributed by atoms with Crippen LogP contribution in [-0.2, 0) is 25.5 Å². The standard InChI is InChI=1S/C31H43ClFNO4/c1-19-27(38-29(2,3)36-6)10-13-31(5)23-16-26(22-11-14-37-28(22)35)34(18-21(23)9-12-30(19,31)4)17-20-7-8-25(33)24(32)15-20/h7-8,11,15,19,21,23,26-27H,9-10,12-14,16-18H2,1-6H3/t19-,21+,23+,26+,27+,30+,31-/m0/s1. The normalized spacial score (nSPS) is 37.8. The molecule has 5 rings (SSSR count). The van der Waals surface area contributed by atoms with Crippen molar-refractivity contribution in [2.45, 2.75) is 91.2 Å². The summed E-state index contributed by atoms with van der Waals surface area (Å²) in [6, 6.07) is 4.93. The average molecular weight is 548 g/mol. The number of fused-ring (bicyclic) bond motifs is 3. The lowest BCUT2D eigenvalue weighted by atomic mass is 9.41. The number of hydrogen-bond donors (Lipinski definition) is 0. The van der Waals surface area contributed by atoms with Crippen LogP contribution in [0, 0.1) is 34.4 Å². The van der Waals surface area contributed by atoms with Crippen LogP contribution in [0.4, 0.5) is 4.39 Å². The van der Waals surface area contributed by atoms with E-state index in [0.29, 0.717) is 30.9 Å². The highest BCUT2D eigenvalue weighted by molar-refractivity contribution is 6.30. The van der Waals surface area contributed by atoms with Crippen LogP contribution >= 0.6 is 11.6 Å². The second-order valence-electron chi connectivity index (χ2n) is 13.0. The van der Waals surface area contributed by atoms with E-state index < -0.39 is 11.6 Å². The summed E-state index contributed by atoms with van der Waals surface area (Å²) in [6.45, 7) is 13.2. The maximum Gasteiger partial charge on any atom is 0.335 e. The summed E-state index contributed by atoms with van der Waals surface area (Å²) in [6.07, 6.45) is 7.46. The van der Waals surface area contributed by atoms with E-state index in [1.165, 1.54) is 6.07 Å². The van der Waals surface area contributed by atoms with Crippen LogP contribution in [0.3, 0.4) is 0 Å². The van der Waals surface area contributed by atoms with Crippen LogP contribution in [0.5, 0.6) is 0 Å². The molecule has 1 aromatic carbocycles. The molecule has 0 unspecified atom stereocenters. The highest BCUT2D eigenvalue weighted by atomic mass is 35.5. The molecule has 7 heteroatoms. The minimum atomic E-state index is -0.602. The van der Waals surface area contributed by atoms with Gasteiger partial charge in [0.1, 0.15) is 12.4 Å². The fraction of sp³-hybridized carbons (Fsp3) is 0.710. The average Bonchev–Trinajstić information content (AvgIpc) is 3.30. The van der Waals surface area contributed by atoms with Crippen LogP contribution in [-0.4, -0.2) is 49.1 Å². The Morgan fingerprint density at radius 1 is 1.21 bits per heavy atom. The minimum Gasteiger partial charge on any atom is -0.458 e. The summed E-state index contributed by atoms with van der Waals surface area (Å²) in [5, 5.41) is 0.138. The summed E-state index contributed by atoms with van der Waals surface area (Å²) in [4.78, 5) is 15.2. The Labute approximate surface area is 232 Å². The van der Waals surface area contributed by atoms with Crippen LogP contribution in [0.2, 0.25) is 5.02 Å². The van der Waals surface area contributed by atoms with Gasteiger partial charge in [-0.05, 0) is 98.3 Å². The smallest absolute Gasteiger partial charge is 0.335 e. The number of piperidine rings is 1. The predicted molar refractivity (Wildman–Crippen MR) is 146 cm³/mol. The lowest BCUT2D eigenvalue weighted by Gasteiger charge is -2.66. The maximum absolute atomic E-state index is 13.8. The van der Waals surface area contributed by atoms with Crippen LogP contribution in [0.25, 0.3) is 0 Å². The van der Waals surface area contributed by atoms with Gasteiger partial charge in [0.2, 0.25) is 0 Å². The van der Waals surface area contributed by atoms with E-state index in [-0.39, 0.29) is 34.0 Å². The van der Waals surface area contributed by atoms with Crippen molar-refractivity contribution in [3.05, 3.63) is 46.3 Å². The van der Waals surface area contributed by atoms with Gasteiger partial charge in [0.05, 0.1) is 16.7 Å². The number of nitrogens with zero attached hydrogens (tertiary/aromatic N) is 1. The molecule has 2 aliphatic carbocycles. The molecule has 0 aromatic heterocycles. The zero-order chi connectivity index (χ0) is 27.5. The van der Waals surface area contributed by atoms with Gasteiger partial charge in [0, 0.05) is 26.2 Å². The van der Waals surface area contributed by atoms with Crippen molar-refractivity contribution in [1.82, 2.24) is 4.90 Å². The molecule has 5 nitrogen and oxygen atoms in total. The van der Waals surface area contributed by atoms with E-state index in [9.17, 15) is 9.18 Å². The third kappa shape index (κ3) is 4.74. The first kappa shape index (κ1) is 28.1. The van der Waals surface area contributed by atoms with Crippen molar-refractivity contribution < 1.29 is 23.4 Å². The molecule has 0 spiro atoms. The van der Waals surface area contributed by atoms with Gasteiger partial charge in [-0.2, -0.15) is 0 Å². The van der Waals surface area contributed by atoms with Crippen molar-refractivity contribution in [2.75, 3.05) is 20.3 Å². The first-order valence-corrected chi connectivity index (χ1v) is 14.5. The van der Waals surface area contributed by atoms with E-state index in [4.69, 9.17) is 25.8 Å². The number of esters is 1. The van der Waals surface area contributed by atoms with Crippen molar-refractivity contribution >= 4 is 17.6 Å². The van der Waals surface area contributed by atoms with Gasteiger partial charge in [-0.1, -0.05) is 38.4 Å². The number of hydrogen-bond acceptors (Lipinski definition) is 5. The lowest BCUT2D eigenvalue weighted by molar-refractivity contribution is -0.270. The molecule has 0 radical (unpaired) electrons. The number of cyclic esters (lactones) is 1. The molecule has 0 bridgehead atoms. The fourth-order valence-electron chi connectivity index (χ4n) is 8.32. The molecule has 0 amide bonds. The van der Waals surface area contributed by atoms with E-state index in [1.807, 2.05) is 19.9 Å². The van der Waals surface area contributed by atoms with Crippen molar-refractivity contribution in [3.8, 4) is 0 Å². The lowest BCUT2D eigenvalue weighted by Crippen LogP contribution is -2.63. The molecule has 7 atom stereocenters. The summed E-state index contributed by atoms with van der Waals surface area (Å²) in [5.74, 6) is 0.215. The molecule has 210 valence electrons. The number of methoxy groups -OCH3 is 1. The summed E-state index contributed by atoms with van der Waals surface area (Å²) in [7, 11) is 1.71. The first-order chi connectivity index (χ1) is 17.9. The third-order valence-corrected chi connectivity index (χ3v) is 11.3. The van der Waals surface area contributed by atoms with Gasteiger partial charge in [0.25, 0.3) is 0 Å². The topological polar surface area (TPSA) is 48.0 Å². The third-order valence-electron chi connectivity index (χ3n) is 11.0. The largest absolute Gasteiger partial charge is 0.458 e. The molecule has 1 saturated heterocycles. The highest BCUT2D eigenvalue weighted by Gasteiger charge is 2.62. The Morgan fingerprint density at radius 3 is 2.61 bits per heavy atom. The van der Waals surface area contributed by atoms with Crippen LogP contribution in [0.15, 0.2) is 29.8 Å². The van der Waals surface area contributed by atoms with Crippen LogP contribution < -0.4 is 0 Å². The van der Waals surface area contributed by atoms with Gasteiger partial charge in [-0.3, -0.25) is 4.90 Å². The van der Waals surface area contributed by atoms with Crippen LogP contribution in [0.1, 0.15) is 72.3 Å². The van der Waals surface area contributed by atoms with Gasteiger partial charge in [-0.15, -0.1) is 0 Å². The van der Waals surface area contributed by atoms with Crippen molar-refractivity contribution in [2.24, 2.45) is 28.6 Å². The van der Waals surface area contributed by atoms with Gasteiger partial charge < -0.3 is 14.2 Å². The number of benzene rings is 1. The fourth-order valence-corrected chi connectivity index (χ4v) is 8.52. The predicted octanol–water partition coefficient (Wildman–Crippen LogP) is 6.77. The van der Waals surface area contributed by atoms with Crippen molar-refractivity contribution in [1.29, 1.82) is 0 Å². The second-order valence-corrected chi connectivity index (χ2v) is 13.4. The number of halogens is 2. The molecule has 0 N–H and O–H groups in total. The summed E-state index contributed by atoms with van der Waals surface area (Å²) in [5.41, 5.74) is 2.01. The van der Waals surface area contributed by atoms with E-state index in [1.54, 1.807) is 19.2 Å². The second kappa shape index (κ2) is 10.2. The Balaban J connectivity index is 1.43. The SMILES string of the molecule is COC(C)(C)O[C@@H]1CC[C@@]2(C)[C@@H]3C[C@H](C4=CCOC4=O)N(Cc4ccc(F)c(Cl)c4)C[C@H]3CC[C@]2(C)[C@H]1C. The quantitative estimate of drug-likeness (QED) is 0.290. The van der Waals surface area contributed by atoms with Gasteiger partial charge in [-0.25, -0.2) is 9.18 Å². The first-order valence-electron chi connectivity index (χ1n) is 14.2. The zero-order valence-electron chi connectivity index (χ0n) is 23.7. The monoisotopic (exact) mass is 547 g/mol. The number of carbonyl (C=O) groups excluding carboxylic acids is 1. The highest BCUT2D eigenvalue weighted by Crippen LogP contribution is 2.67. The number of likely N-dealkylation sites (tertiary alicyclic amines) is 1. The zero-order valence-corrected chi connectivity index (χ0v) is 24.4. The van der Waals surface area contributed by atoms with E-state index >= 15 is 0 Å². The molecule has 4 aliphatic rings. The summed E-state index contributed by atoms with van der Waals surface area (Å²) >= 11 is 6.12. The maximum atomic E-state index is 13.8. The Hall–Kier alpha value is -1.47. The minimum absolute atomic E-state index is 0.0223. The summed E-state index contributed by atoms with van der Waals surface area (Å²) < 4.78 is 31.4.